The number of anilines is 1. The van der Waals surface area contributed by atoms with E-state index in [-0.39, 0.29) is 11.5 Å². The van der Waals surface area contributed by atoms with Crippen LogP contribution in [-0.2, 0) is 6.54 Å². The van der Waals surface area contributed by atoms with Crippen molar-refractivity contribution in [2.45, 2.75) is 6.54 Å². The van der Waals surface area contributed by atoms with Crippen molar-refractivity contribution in [3.8, 4) is 0 Å². The minimum atomic E-state index is -0.451. The van der Waals surface area contributed by atoms with Crippen LogP contribution in [0, 0.1) is 5.82 Å². The molecule has 2 rings (SSSR count). The average Bonchev–Trinajstić information content (AvgIpc) is 2.45. The molecule has 1 aromatic heterocycles. The summed E-state index contributed by atoms with van der Waals surface area (Å²) in [5, 5.41) is 5.39. The predicted octanol–water partition coefficient (Wildman–Crippen LogP) is 2.19. The summed E-state index contributed by atoms with van der Waals surface area (Å²) in [6.07, 6.45) is 1.66. The number of carbonyl (C=O) groups excluding carboxylic acids is 1. The van der Waals surface area contributed by atoms with Crippen LogP contribution >= 0.6 is 0 Å². The molecule has 2 N–H and O–H groups in total. The third kappa shape index (κ3) is 3.28. The molecule has 0 aliphatic carbocycles. The second-order valence-electron chi connectivity index (χ2n) is 3.95. The molecular formula is C14H14FN3O. The summed E-state index contributed by atoms with van der Waals surface area (Å²) in [5.41, 5.74) is 1.40. The summed E-state index contributed by atoms with van der Waals surface area (Å²) in [6, 6.07) is 9.77. The molecule has 5 heteroatoms. The number of hydrogen-bond acceptors (Lipinski definition) is 3. The average molecular weight is 259 g/mol. The first-order valence-corrected chi connectivity index (χ1v) is 5.86. The van der Waals surface area contributed by atoms with Crippen LogP contribution in [0.25, 0.3) is 0 Å². The van der Waals surface area contributed by atoms with Gasteiger partial charge in [-0.25, -0.2) is 4.39 Å². The third-order valence-corrected chi connectivity index (χ3v) is 2.66. The van der Waals surface area contributed by atoms with Gasteiger partial charge in [0, 0.05) is 18.8 Å². The summed E-state index contributed by atoms with van der Waals surface area (Å²) in [7, 11) is 1.62. The van der Waals surface area contributed by atoms with Crippen molar-refractivity contribution < 1.29 is 9.18 Å². The van der Waals surface area contributed by atoms with Gasteiger partial charge in [0.15, 0.2) is 0 Å². The van der Waals surface area contributed by atoms with Crippen molar-refractivity contribution >= 4 is 11.6 Å². The van der Waals surface area contributed by atoms with Gasteiger partial charge in [-0.2, -0.15) is 0 Å². The molecular weight excluding hydrogens is 245 g/mol. The molecule has 0 fully saturated rings. The highest BCUT2D eigenvalue weighted by atomic mass is 19.1. The van der Waals surface area contributed by atoms with Gasteiger partial charge in [-0.05, 0) is 30.3 Å². The zero-order valence-corrected chi connectivity index (χ0v) is 10.5. The van der Waals surface area contributed by atoms with Crippen LogP contribution in [0.1, 0.15) is 16.1 Å². The molecule has 0 aliphatic rings. The van der Waals surface area contributed by atoms with Crippen LogP contribution in [0.5, 0.6) is 0 Å². The molecule has 0 saturated heterocycles. The quantitative estimate of drug-likeness (QED) is 0.885. The fourth-order valence-electron chi connectivity index (χ4n) is 1.63. The maximum atomic E-state index is 13.5. The monoisotopic (exact) mass is 259 g/mol. The van der Waals surface area contributed by atoms with Gasteiger partial charge in [-0.15, -0.1) is 0 Å². The van der Waals surface area contributed by atoms with Crippen molar-refractivity contribution in [2.24, 2.45) is 0 Å². The Kier molecular flexibility index (Phi) is 4.07. The predicted molar refractivity (Wildman–Crippen MR) is 71.4 cm³/mol. The molecule has 0 spiro atoms. The van der Waals surface area contributed by atoms with Crippen LogP contribution in [0.3, 0.4) is 0 Å². The minimum Gasteiger partial charge on any atom is -0.386 e. The van der Waals surface area contributed by atoms with Crippen LogP contribution in [0.4, 0.5) is 10.1 Å². The Morgan fingerprint density at radius 2 is 2.16 bits per heavy atom. The number of nitrogens with zero attached hydrogens (tertiary/aromatic N) is 1. The number of halogens is 1. The van der Waals surface area contributed by atoms with Gasteiger partial charge < -0.3 is 10.6 Å². The number of aromatic nitrogens is 1. The fraction of sp³-hybridized carbons (Fsp3) is 0.143. The summed E-state index contributed by atoms with van der Waals surface area (Å²) in [5.74, 6) is -0.778. The molecule has 0 bridgehead atoms. The largest absolute Gasteiger partial charge is 0.386 e. The van der Waals surface area contributed by atoms with Crippen LogP contribution in [-0.4, -0.2) is 17.9 Å². The summed E-state index contributed by atoms with van der Waals surface area (Å²) in [6.45, 7) is 0.315. The zero-order valence-electron chi connectivity index (χ0n) is 10.5. The molecule has 98 valence electrons. The number of hydrogen-bond donors (Lipinski definition) is 2. The Morgan fingerprint density at radius 1 is 1.32 bits per heavy atom. The fourth-order valence-corrected chi connectivity index (χ4v) is 1.63. The van der Waals surface area contributed by atoms with Crippen molar-refractivity contribution in [2.75, 3.05) is 12.4 Å². The number of benzene rings is 1. The molecule has 0 aliphatic heterocycles. The van der Waals surface area contributed by atoms with Crippen molar-refractivity contribution in [3.63, 3.8) is 0 Å². The maximum absolute atomic E-state index is 13.5. The molecule has 4 nitrogen and oxygen atoms in total. The normalized spacial score (nSPS) is 10.0. The van der Waals surface area contributed by atoms with Crippen LogP contribution < -0.4 is 10.6 Å². The molecule has 19 heavy (non-hydrogen) atoms. The van der Waals surface area contributed by atoms with E-state index >= 15 is 0 Å². The third-order valence-electron chi connectivity index (χ3n) is 2.66. The lowest BCUT2D eigenvalue weighted by Gasteiger charge is -2.07. The highest BCUT2D eigenvalue weighted by Crippen LogP contribution is 2.14. The highest BCUT2D eigenvalue weighted by molar-refractivity contribution is 5.94. The summed E-state index contributed by atoms with van der Waals surface area (Å²) >= 11 is 0. The first kappa shape index (κ1) is 13.0. The molecule has 1 amide bonds. The number of pyridine rings is 1. The lowest BCUT2D eigenvalue weighted by molar-refractivity contribution is 0.0950. The lowest BCUT2D eigenvalue weighted by Crippen LogP contribution is -2.23. The van der Waals surface area contributed by atoms with E-state index in [4.69, 9.17) is 0 Å². The lowest BCUT2D eigenvalue weighted by atomic mass is 10.2. The SMILES string of the molecule is CNc1ccc(C(=O)NCc2ccccn2)cc1F. The van der Waals surface area contributed by atoms with Crippen molar-refractivity contribution in [1.29, 1.82) is 0 Å². The van der Waals surface area contributed by atoms with E-state index < -0.39 is 5.82 Å². The molecule has 1 aromatic carbocycles. The van der Waals surface area contributed by atoms with E-state index in [1.165, 1.54) is 12.1 Å². The summed E-state index contributed by atoms with van der Waals surface area (Å²) < 4.78 is 13.5. The second kappa shape index (κ2) is 5.95. The number of amides is 1. The molecule has 0 saturated carbocycles. The number of carbonyl (C=O) groups is 1. The Bertz CT molecular complexity index is 572. The first-order chi connectivity index (χ1) is 9.20. The second-order valence-corrected chi connectivity index (χ2v) is 3.95. The van der Waals surface area contributed by atoms with E-state index in [1.54, 1.807) is 25.4 Å². The van der Waals surface area contributed by atoms with Gasteiger partial charge >= 0.3 is 0 Å². The molecule has 1 heterocycles. The molecule has 0 radical (unpaired) electrons. The van der Waals surface area contributed by atoms with Gasteiger partial charge in [-0.3, -0.25) is 9.78 Å². The Morgan fingerprint density at radius 3 is 2.79 bits per heavy atom. The van der Waals surface area contributed by atoms with Crippen LogP contribution in [0.2, 0.25) is 0 Å². The van der Waals surface area contributed by atoms with E-state index in [9.17, 15) is 9.18 Å². The Balaban J connectivity index is 2.02. The smallest absolute Gasteiger partial charge is 0.251 e. The number of rotatable bonds is 4. The Hall–Kier alpha value is -2.43. The van der Waals surface area contributed by atoms with Gasteiger partial charge in [-0.1, -0.05) is 6.07 Å². The van der Waals surface area contributed by atoms with E-state index in [0.29, 0.717) is 12.2 Å². The number of nitrogens with one attached hydrogen (secondary N) is 2. The molecule has 0 unspecified atom stereocenters. The van der Waals surface area contributed by atoms with Crippen LogP contribution in [0.15, 0.2) is 42.6 Å². The highest BCUT2D eigenvalue weighted by Gasteiger charge is 2.08. The van der Waals surface area contributed by atoms with E-state index in [2.05, 4.69) is 15.6 Å². The van der Waals surface area contributed by atoms with Gasteiger partial charge in [0.1, 0.15) is 5.82 Å². The first-order valence-electron chi connectivity index (χ1n) is 5.86. The van der Waals surface area contributed by atoms with Crippen molar-refractivity contribution in [1.82, 2.24) is 10.3 Å². The van der Waals surface area contributed by atoms with E-state index in [0.717, 1.165) is 5.69 Å². The van der Waals surface area contributed by atoms with Crippen molar-refractivity contribution in [3.05, 3.63) is 59.7 Å². The maximum Gasteiger partial charge on any atom is 0.251 e. The zero-order chi connectivity index (χ0) is 13.7. The van der Waals surface area contributed by atoms with E-state index in [1.807, 2.05) is 12.1 Å². The van der Waals surface area contributed by atoms with Gasteiger partial charge in [0.25, 0.3) is 5.91 Å². The van der Waals surface area contributed by atoms with Gasteiger partial charge in [0.05, 0.1) is 17.9 Å². The topological polar surface area (TPSA) is 54.0 Å². The standard InChI is InChI=1S/C14H14FN3O/c1-16-13-6-5-10(8-12(13)15)14(19)18-9-11-4-2-3-7-17-11/h2-8,16H,9H2,1H3,(H,18,19). The summed E-state index contributed by atoms with van der Waals surface area (Å²) in [4.78, 5) is 15.9. The van der Waals surface area contributed by atoms with Gasteiger partial charge in [0.2, 0.25) is 0 Å². The molecule has 2 aromatic rings. The minimum absolute atomic E-state index is 0.285. The Labute approximate surface area is 110 Å². The molecule has 0 atom stereocenters.